The molecule has 0 radical (unpaired) electrons. The summed E-state index contributed by atoms with van der Waals surface area (Å²) in [6.45, 7) is 29.4. The van der Waals surface area contributed by atoms with Crippen LogP contribution in [-0.2, 0) is 4.43 Å². The van der Waals surface area contributed by atoms with Gasteiger partial charge in [-0.2, -0.15) is 0 Å². The quantitative estimate of drug-likeness (QED) is 0.128. The van der Waals surface area contributed by atoms with Crippen LogP contribution in [0.15, 0.2) is 9.98 Å². The van der Waals surface area contributed by atoms with Gasteiger partial charge in [0.2, 0.25) is 0 Å². The first-order valence-corrected chi connectivity index (χ1v) is 19.9. The number of hydrogen-bond donors (Lipinski definition) is 0. The van der Waals surface area contributed by atoms with Gasteiger partial charge >= 0.3 is 0 Å². The Bertz CT molecular complexity index is 716. The molecule has 4 unspecified atom stereocenters. The SMILES string of the molecule is CC(=NC1C(C(C)C)CCCC1C(C)C)C(CCCCO[Si](C)(C)C)=NC1C(C(C)C)CCCC1C(C)C. The highest BCUT2D eigenvalue weighted by atomic mass is 28.4. The molecular weight excluding hydrogens is 480 g/mol. The van der Waals surface area contributed by atoms with E-state index < -0.39 is 8.32 Å². The molecule has 2 aliphatic rings. The Hall–Kier alpha value is -0.483. The summed E-state index contributed by atoms with van der Waals surface area (Å²) < 4.78 is 6.19. The largest absolute Gasteiger partial charge is 0.418 e. The first kappa shape index (κ1) is 33.7. The van der Waals surface area contributed by atoms with Gasteiger partial charge in [0.15, 0.2) is 8.32 Å². The lowest BCUT2D eigenvalue weighted by Crippen LogP contribution is -2.40. The lowest BCUT2D eigenvalue weighted by Gasteiger charge is -2.41. The molecule has 222 valence electrons. The van der Waals surface area contributed by atoms with E-state index in [1.165, 1.54) is 49.9 Å². The molecule has 2 fully saturated rings. The van der Waals surface area contributed by atoms with Crippen molar-refractivity contribution in [1.82, 2.24) is 0 Å². The summed E-state index contributed by atoms with van der Waals surface area (Å²) in [7, 11) is -1.46. The van der Waals surface area contributed by atoms with Gasteiger partial charge in [-0.25, -0.2) is 0 Å². The third kappa shape index (κ3) is 10.2. The van der Waals surface area contributed by atoms with E-state index in [4.69, 9.17) is 14.4 Å². The van der Waals surface area contributed by atoms with Crippen LogP contribution in [0.5, 0.6) is 0 Å². The third-order valence-corrected chi connectivity index (χ3v) is 10.8. The normalized spacial score (nSPS) is 30.2. The minimum atomic E-state index is -1.46. The van der Waals surface area contributed by atoms with Gasteiger partial charge in [0, 0.05) is 6.61 Å². The van der Waals surface area contributed by atoms with E-state index in [1.54, 1.807) is 0 Å². The zero-order valence-corrected chi connectivity index (χ0v) is 28.6. The summed E-state index contributed by atoms with van der Waals surface area (Å²) in [6, 6.07) is 0.882. The fourth-order valence-electron chi connectivity index (χ4n) is 7.38. The van der Waals surface area contributed by atoms with Crippen LogP contribution in [-0.4, -0.2) is 38.4 Å². The summed E-state index contributed by atoms with van der Waals surface area (Å²) in [5.74, 6) is 5.51. The van der Waals surface area contributed by atoms with E-state index in [-0.39, 0.29) is 0 Å². The second-order valence-corrected chi connectivity index (χ2v) is 19.7. The van der Waals surface area contributed by atoms with Crippen molar-refractivity contribution in [2.75, 3.05) is 6.61 Å². The van der Waals surface area contributed by atoms with Crippen molar-refractivity contribution >= 4 is 19.7 Å². The first-order chi connectivity index (χ1) is 17.7. The lowest BCUT2D eigenvalue weighted by atomic mass is 9.68. The minimum Gasteiger partial charge on any atom is -0.418 e. The van der Waals surface area contributed by atoms with Crippen molar-refractivity contribution in [3.8, 4) is 0 Å². The summed E-state index contributed by atoms with van der Waals surface area (Å²) in [5, 5.41) is 0. The average molecular weight is 547 g/mol. The fraction of sp³-hybridized carbons (Fsp3) is 0.941. The van der Waals surface area contributed by atoms with E-state index in [2.05, 4.69) is 82.0 Å². The monoisotopic (exact) mass is 546 g/mol. The molecular formula is C34H66N2OSi. The highest BCUT2D eigenvalue weighted by Crippen LogP contribution is 2.41. The van der Waals surface area contributed by atoms with Crippen molar-refractivity contribution in [1.29, 1.82) is 0 Å². The topological polar surface area (TPSA) is 34.0 Å². The van der Waals surface area contributed by atoms with Crippen LogP contribution < -0.4 is 0 Å². The summed E-state index contributed by atoms with van der Waals surface area (Å²) in [5.41, 5.74) is 2.56. The molecule has 0 spiro atoms. The number of hydrogen-bond acceptors (Lipinski definition) is 3. The molecule has 0 aromatic carbocycles. The molecule has 2 saturated carbocycles. The second kappa shape index (κ2) is 15.5. The Morgan fingerprint density at radius 1 is 0.658 bits per heavy atom. The van der Waals surface area contributed by atoms with Gasteiger partial charge in [0.1, 0.15) is 0 Å². The Kier molecular flexibility index (Phi) is 13.8. The standard InChI is InChI=1S/C34H66N2OSi/c1-23(2)28-17-15-18-29(24(3)4)33(28)35-27(9)32(21-13-14-22-37-38(10,11)12)36-34-30(25(5)6)19-16-20-31(34)26(7)8/h23-26,28-31,33-34H,13-22H2,1-12H3. The molecule has 4 heteroatoms. The maximum absolute atomic E-state index is 6.19. The number of nitrogens with zero attached hydrogens (tertiary/aromatic N) is 2. The molecule has 0 amide bonds. The van der Waals surface area contributed by atoms with Crippen LogP contribution in [0.3, 0.4) is 0 Å². The van der Waals surface area contributed by atoms with Crippen LogP contribution in [0, 0.1) is 47.3 Å². The molecule has 4 atom stereocenters. The van der Waals surface area contributed by atoms with Crippen molar-refractivity contribution in [2.45, 2.75) is 152 Å². The Balaban J connectivity index is 2.42. The first-order valence-electron chi connectivity index (χ1n) is 16.5. The van der Waals surface area contributed by atoms with Crippen molar-refractivity contribution < 1.29 is 4.43 Å². The van der Waals surface area contributed by atoms with Crippen LogP contribution >= 0.6 is 0 Å². The Morgan fingerprint density at radius 2 is 1.05 bits per heavy atom. The van der Waals surface area contributed by atoms with Gasteiger partial charge in [-0.1, -0.05) is 68.2 Å². The van der Waals surface area contributed by atoms with Crippen molar-refractivity contribution in [2.24, 2.45) is 57.3 Å². The predicted octanol–water partition coefficient (Wildman–Crippen LogP) is 10.1. The summed E-state index contributed by atoms with van der Waals surface area (Å²) >= 11 is 0. The van der Waals surface area contributed by atoms with Crippen LogP contribution in [0.4, 0.5) is 0 Å². The Labute approximate surface area is 239 Å². The van der Waals surface area contributed by atoms with E-state index in [0.29, 0.717) is 59.4 Å². The second-order valence-electron chi connectivity index (χ2n) is 15.2. The highest BCUT2D eigenvalue weighted by molar-refractivity contribution is 6.69. The lowest BCUT2D eigenvalue weighted by molar-refractivity contribution is 0.142. The molecule has 38 heavy (non-hydrogen) atoms. The van der Waals surface area contributed by atoms with E-state index in [0.717, 1.165) is 25.9 Å². The van der Waals surface area contributed by atoms with Crippen molar-refractivity contribution in [3.63, 3.8) is 0 Å². The van der Waals surface area contributed by atoms with Gasteiger partial charge in [-0.15, -0.1) is 0 Å². The smallest absolute Gasteiger partial charge is 0.183 e. The molecule has 0 N–H and O–H groups in total. The van der Waals surface area contributed by atoms with Crippen molar-refractivity contribution in [3.05, 3.63) is 0 Å². The average Bonchev–Trinajstić information content (AvgIpc) is 2.81. The molecule has 0 aliphatic heterocycles. The third-order valence-electron chi connectivity index (χ3n) is 9.74. The number of rotatable bonds is 13. The van der Waals surface area contributed by atoms with Gasteiger partial charge in [-0.05, 0) is 119 Å². The maximum Gasteiger partial charge on any atom is 0.183 e. The van der Waals surface area contributed by atoms with Gasteiger partial charge in [0.25, 0.3) is 0 Å². The number of unbranched alkanes of at least 4 members (excludes halogenated alkanes) is 1. The van der Waals surface area contributed by atoms with Crippen LogP contribution in [0.25, 0.3) is 0 Å². The van der Waals surface area contributed by atoms with E-state index in [9.17, 15) is 0 Å². The molecule has 2 aliphatic carbocycles. The molecule has 0 aromatic rings. The van der Waals surface area contributed by atoms with Gasteiger partial charge in [0.05, 0.1) is 23.5 Å². The van der Waals surface area contributed by atoms with Crippen LogP contribution in [0.2, 0.25) is 19.6 Å². The fourth-order valence-corrected chi connectivity index (χ4v) is 8.14. The Morgan fingerprint density at radius 3 is 1.42 bits per heavy atom. The zero-order valence-electron chi connectivity index (χ0n) is 27.6. The van der Waals surface area contributed by atoms with E-state index in [1.807, 2.05) is 0 Å². The molecule has 0 bridgehead atoms. The minimum absolute atomic E-state index is 0.440. The van der Waals surface area contributed by atoms with E-state index >= 15 is 0 Å². The van der Waals surface area contributed by atoms with Gasteiger partial charge in [-0.3, -0.25) is 9.98 Å². The molecule has 2 rings (SSSR count). The molecule has 0 heterocycles. The predicted molar refractivity (Wildman–Crippen MR) is 172 cm³/mol. The molecule has 0 aromatic heterocycles. The maximum atomic E-state index is 6.19. The summed E-state index contributed by atoms with van der Waals surface area (Å²) in [6.07, 6.45) is 11.4. The highest BCUT2D eigenvalue weighted by Gasteiger charge is 2.38. The zero-order chi connectivity index (χ0) is 28.6. The van der Waals surface area contributed by atoms with Crippen LogP contribution in [0.1, 0.15) is 120 Å². The summed E-state index contributed by atoms with van der Waals surface area (Å²) in [4.78, 5) is 11.4. The van der Waals surface area contributed by atoms with Gasteiger partial charge < -0.3 is 4.43 Å². The molecule has 3 nitrogen and oxygen atoms in total. The molecule has 0 saturated heterocycles. The number of aliphatic imine (C=N–C) groups is 2.